The van der Waals surface area contributed by atoms with Crippen molar-refractivity contribution in [2.24, 2.45) is 5.92 Å². The summed E-state index contributed by atoms with van der Waals surface area (Å²) in [4.78, 5) is 17.5. The number of hydrogen-bond donors (Lipinski definition) is 2. The number of allylic oxidation sites excluding steroid dienone is 1. The third-order valence-corrected chi connectivity index (χ3v) is 6.27. The number of rotatable bonds is 7. The Morgan fingerprint density at radius 1 is 1.26 bits per heavy atom. The highest BCUT2D eigenvalue weighted by Gasteiger charge is 2.44. The van der Waals surface area contributed by atoms with Gasteiger partial charge in [0, 0.05) is 35.5 Å². The van der Waals surface area contributed by atoms with Gasteiger partial charge in [-0.15, -0.1) is 0 Å². The van der Waals surface area contributed by atoms with Gasteiger partial charge >= 0.3 is 6.18 Å². The molecule has 2 N–H and O–H groups in total. The summed E-state index contributed by atoms with van der Waals surface area (Å²) in [6.07, 6.45) is 0.273. The molecule has 0 radical (unpaired) electrons. The molecule has 1 unspecified atom stereocenters. The van der Waals surface area contributed by atoms with Gasteiger partial charge in [-0.3, -0.25) is 4.79 Å². The maximum atomic E-state index is 14.7. The second kappa shape index (κ2) is 9.56. The van der Waals surface area contributed by atoms with Crippen LogP contribution in [0.15, 0.2) is 36.9 Å². The number of amides is 1. The molecule has 1 saturated heterocycles. The first-order valence-electron chi connectivity index (χ1n) is 11.4. The fraction of sp³-hybridized carbons (Fsp3) is 0.440. The number of aromatic nitrogens is 1. The second-order valence-corrected chi connectivity index (χ2v) is 9.18. The van der Waals surface area contributed by atoms with E-state index in [1.165, 1.54) is 18.2 Å². The molecule has 1 saturated carbocycles. The van der Waals surface area contributed by atoms with E-state index >= 15 is 0 Å². The number of nitrogens with zero attached hydrogens (tertiary/aromatic N) is 2. The molecular weight excluding hydrogens is 467 g/mol. The molecule has 2 aromatic rings. The van der Waals surface area contributed by atoms with Gasteiger partial charge in [0.25, 0.3) is 5.92 Å². The summed E-state index contributed by atoms with van der Waals surface area (Å²) in [5.74, 6) is -3.03. The lowest BCUT2D eigenvalue weighted by molar-refractivity contribution is -0.122. The van der Waals surface area contributed by atoms with E-state index < -0.39 is 30.3 Å². The molecule has 0 spiro atoms. The van der Waals surface area contributed by atoms with Crippen molar-refractivity contribution in [3.63, 3.8) is 0 Å². The third kappa shape index (κ3) is 5.80. The molecule has 4 rings (SSSR count). The van der Waals surface area contributed by atoms with Gasteiger partial charge < -0.3 is 15.5 Å². The van der Waals surface area contributed by atoms with Gasteiger partial charge in [0.1, 0.15) is 0 Å². The van der Waals surface area contributed by atoms with E-state index in [9.17, 15) is 26.7 Å². The topological polar surface area (TPSA) is 57.3 Å². The fourth-order valence-corrected chi connectivity index (χ4v) is 4.18. The van der Waals surface area contributed by atoms with Crippen LogP contribution in [0.3, 0.4) is 0 Å². The normalized spacial score (nSPS) is 20.8. The number of piperidine rings is 1. The Morgan fingerprint density at radius 3 is 2.66 bits per heavy atom. The maximum absolute atomic E-state index is 14.7. The molecule has 1 aromatic carbocycles. The quantitative estimate of drug-likeness (QED) is 0.526. The van der Waals surface area contributed by atoms with Gasteiger partial charge in [0.05, 0.1) is 29.5 Å². The first kappa shape index (κ1) is 25.1. The van der Waals surface area contributed by atoms with Gasteiger partial charge in [-0.1, -0.05) is 24.8 Å². The van der Waals surface area contributed by atoms with E-state index in [2.05, 4.69) is 22.2 Å². The Balaban J connectivity index is 1.69. The lowest BCUT2D eigenvalue weighted by atomic mass is 9.98. The number of likely N-dealkylation sites (tertiary alicyclic amines) is 1. The molecule has 188 valence electrons. The van der Waals surface area contributed by atoms with Crippen LogP contribution in [0.2, 0.25) is 0 Å². The zero-order chi connectivity index (χ0) is 25.4. The Hall–Kier alpha value is -3.01. The van der Waals surface area contributed by atoms with Crippen LogP contribution in [0.25, 0.3) is 22.4 Å². The minimum Gasteiger partial charge on any atom is -0.376 e. The zero-order valence-corrected chi connectivity index (χ0v) is 19.3. The van der Waals surface area contributed by atoms with Gasteiger partial charge in [-0.05, 0) is 44.5 Å². The lowest BCUT2D eigenvalue weighted by Crippen LogP contribution is -2.53. The van der Waals surface area contributed by atoms with Crippen LogP contribution < -0.4 is 10.6 Å². The molecule has 1 aromatic heterocycles. The van der Waals surface area contributed by atoms with E-state index in [4.69, 9.17) is 0 Å². The molecule has 1 aliphatic carbocycles. The minimum absolute atomic E-state index is 0.0373. The molecule has 2 aliphatic rings. The van der Waals surface area contributed by atoms with E-state index in [1.807, 2.05) is 0 Å². The Bertz CT molecular complexity index is 1160. The first-order valence-corrected chi connectivity index (χ1v) is 11.4. The van der Waals surface area contributed by atoms with Crippen LogP contribution in [0, 0.1) is 5.92 Å². The van der Waals surface area contributed by atoms with Gasteiger partial charge in [-0.2, -0.15) is 13.2 Å². The number of carbonyl (C=O) groups excluding carboxylic acids is 1. The summed E-state index contributed by atoms with van der Waals surface area (Å²) in [5, 5.41) is 6.11. The van der Waals surface area contributed by atoms with Crippen LogP contribution in [0.5, 0.6) is 0 Å². The smallest absolute Gasteiger partial charge is 0.376 e. The van der Waals surface area contributed by atoms with Crippen LogP contribution in [-0.2, 0) is 4.79 Å². The number of carbonyl (C=O) groups is 1. The Morgan fingerprint density at radius 2 is 2.00 bits per heavy atom. The predicted molar refractivity (Wildman–Crippen MR) is 126 cm³/mol. The van der Waals surface area contributed by atoms with Crippen molar-refractivity contribution in [3.05, 3.63) is 48.3 Å². The molecular formula is C25H27F5N4O. The molecule has 1 atom stereocenters. The number of halogens is 5. The van der Waals surface area contributed by atoms with E-state index in [0.717, 1.165) is 12.8 Å². The molecule has 2 fully saturated rings. The van der Waals surface area contributed by atoms with Crippen LogP contribution >= 0.6 is 0 Å². The number of pyridine rings is 1. The summed E-state index contributed by atoms with van der Waals surface area (Å²) >= 11 is 0. The average molecular weight is 495 g/mol. The van der Waals surface area contributed by atoms with Crippen LogP contribution in [0.1, 0.15) is 30.7 Å². The summed E-state index contributed by atoms with van der Waals surface area (Å²) in [7, 11) is 1.62. The minimum atomic E-state index is -4.72. The van der Waals surface area contributed by atoms with Crippen molar-refractivity contribution in [1.82, 2.24) is 15.2 Å². The standard InChI is InChI=1S/C25H27F5N4O/c1-15(25(28,29)30)22-18-6-3-7-20(33-21-10-12-34(2)14-24(21,26)27)19(18)13-17(32-22)5-4-11-31-23(35)16-8-9-16/h3-7,13,16,21,33H,1,8-12,14H2,2H3,(H,31,35)/b5-4+. The average Bonchev–Trinajstić information content (AvgIpc) is 3.62. The lowest BCUT2D eigenvalue weighted by Gasteiger charge is -2.37. The highest BCUT2D eigenvalue weighted by atomic mass is 19.4. The SMILES string of the molecule is C=C(c1nc(/C=C/CNC(=O)C2CC2)cc2c(NC3CCN(C)CC3(F)F)cccc12)C(F)(F)F. The van der Waals surface area contributed by atoms with Crippen molar-refractivity contribution in [1.29, 1.82) is 0 Å². The Kier molecular flexibility index (Phi) is 6.86. The van der Waals surface area contributed by atoms with Crippen LogP contribution in [0.4, 0.5) is 27.6 Å². The largest absolute Gasteiger partial charge is 0.417 e. The molecule has 35 heavy (non-hydrogen) atoms. The molecule has 0 bridgehead atoms. The van der Waals surface area contributed by atoms with Gasteiger partial charge in [-0.25, -0.2) is 13.8 Å². The van der Waals surface area contributed by atoms with Crippen molar-refractivity contribution >= 4 is 34.0 Å². The molecule has 1 aliphatic heterocycles. The predicted octanol–water partition coefficient (Wildman–Crippen LogP) is 5.10. The van der Waals surface area contributed by atoms with Crippen molar-refractivity contribution in [2.75, 3.05) is 32.0 Å². The number of nitrogens with one attached hydrogen (secondary N) is 2. The van der Waals surface area contributed by atoms with Gasteiger partial charge in [0.15, 0.2) is 0 Å². The van der Waals surface area contributed by atoms with Crippen molar-refractivity contribution < 1.29 is 26.7 Å². The Labute approximate surface area is 200 Å². The summed E-state index contributed by atoms with van der Waals surface area (Å²) in [5.41, 5.74) is -0.994. The van der Waals surface area contributed by atoms with Crippen molar-refractivity contribution in [2.45, 2.75) is 37.4 Å². The third-order valence-electron chi connectivity index (χ3n) is 6.27. The van der Waals surface area contributed by atoms with E-state index in [-0.39, 0.29) is 41.6 Å². The number of hydrogen-bond acceptors (Lipinski definition) is 4. The molecule has 5 nitrogen and oxygen atoms in total. The number of alkyl halides is 5. The van der Waals surface area contributed by atoms with E-state index in [1.54, 1.807) is 30.2 Å². The summed E-state index contributed by atoms with van der Waals surface area (Å²) in [6.45, 7) is 3.46. The van der Waals surface area contributed by atoms with Gasteiger partial charge in [0.2, 0.25) is 5.91 Å². The summed E-state index contributed by atoms with van der Waals surface area (Å²) < 4.78 is 70.0. The molecule has 2 heterocycles. The van der Waals surface area contributed by atoms with E-state index in [0.29, 0.717) is 17.6 Å². The number of fused-ring (bicyclic) bond motifs is 1. The van der Waals surface area contributed by atoms with Crippen LogP contribution in [-0.4, -0.2) is 60.6 Å². The fourth-order valence-electron chi connectivity index (χ4n) is 4.18. The molecule has 1 amide bonds. The maximum Gasteiger partial charge on any atom is 0.417 e. The first-order chi connectivity index (χ1) is 16.5. The summed E-state index contributed by atoms with van der Waals surface area (Å²) in [6, 6.07) is 4.94. The van der Waals surface area contributed by atoms with Crippen molar-refractivity contribution in [3.8, 4) is 0 Å². The second-order valence-electron chi connectivity index (χ2n) is 9.18. The monoisotopic (exact) mass is 494 g/mol. The number of benzene rings is 1. The highest BCUT2D eigenvalue weighted by Crippen LogP contribution is 2.38. The molecule has 10 heteroatoms. The highest BCUT2D eigenvalue weighted by molar-refractivity contribution is 6.00. The zero-order valence-electron chi connectivity index (χ0n) is 19.3. The number of anilines is 1.